The summed E-state index contributed by atoms with van der Waals surface area (Å²) in [5.41, 5.74) is -1.22. The van der Waals surface area contributed by atoms with E-state index in [0.29, 0.717) is 12.8 Å². The van der Waals surface area contributed by atoms with Gasteiger partial charge in [0.15, 0.2) is 0 Å². The van der Waals surface area contributed by atoms with Crippen LogP contribution in [0.4, 0.5) is 0 Å². The molecule has 0 saturated heterocycles. The molecule has 2 atom stereocenters. The molecule has 0 heterocycles. The summed E-state index contributed by atoms with van der Waals surface area (Å²) in [6, 6.07) is 32.5. The van der Waals surface area contributed by atoms with Crippen LogP contribution in [0.25, 0.3) is 0 Å². The van der Waals surface area contributed by atoms with Crippen LogP contribution in [0.15, 0.2) is 91.0 Å². The Labute approximate surface area is 247 Å². The van der Waals surface area contributed by atoms with E-state index in [9.17, 15) is 17.8 Å². The van der Waals surface area contributed by atoms with Crippen molar-refractivity contribution in [2.45, 2.75) is 33.1 Å². The third-order valence-electron chi connectivity index (χ3n) is 7.75. The first-order valence-corrected chi connectivity index (χ1v) is 14.7. The molecule has 5 rings (SSSR count). The smallest absolute Gasteiger partial charge is 0.140 e. The molecule has 0 amide bonds. The molecule has 2 radical (unpaired) electrons. The zero-order chi connectivity index (χ0) is 24.4. The van der Waals surface area contributed by atoms with Crippen LogP contribution >= 0.6 is 7.92 Å². The van der Waals surface area contributed by atoms with Gasteiger partial charge in [-0.25, -0.2) is 8.42 Å². The number of fused-ring (bicyclic) bond motifs is 2. The van der Waals surface area contributed by atoms with Gasteiger partial charge in [0.1, 0.15) is 21.7 Å². The molecule has 0 aromatic heterocycles. The molecule has 4 nitrogen and oxygen atoms in total. The second-order valence-corrected chi connectivity index (χ2v) is 13.7. The topological polar surface area (TPSA) is 74.3 Å². The average molecular weight is 582 g/mol. The van der Waals surface area contributed by atoms with E-state index in [1.807, 2.05) is 13.8 Å². The normalized spacial score (nSPS) is 22.3. The molecule has 0 spiro atoms. The van der Waals surface area contributed by atoms with E-state index in [1.54, 1.807) is 0 Å². The van der Waals surface area contributed by atoms with Crippen LogP contribution in [-0.2, 0) is 14.9 Å². The Morgan fingerprint density at radius 1 is 0.829 bits per heavy atom. The summed E-state index contributed by atoms with van der Waals surface area (Å²) < 4.78 is 32.7. The number of ketones is 1. The summed E-state index contributed by atoms with van der Waals surface area (Å²) in [6.45, 7) is 3.83. The first-order valence-electron chi connectivity index (χ1n) is 11.6. The molecule has 2 bridgehead atoms. The van der Waals surface area contributed by atoms with Crippen molar-refractivity contribution >= 4 is 85.2 Å². The van der Waals surface area contributed by atoms with E-state index in [4.69, 9.17) is 0 Å². The largest absolute Gasteiger partial charge is 0.748 e. The van der Waals surface area contributed by atoms with Gasteiger partial charge in [-0.3, -0.25) is 4.79 Å². The Morgan fingerprint density at radius 3 is 1.51 bits per heavy atom. The van der Waals surface area contributed by atoms with E-state index >= 15 is 0 Å². The Hall–Kier alpha value is -0.849. The molecule has 2 unspecified atom stereocenters. The summed E-state index contributed by atoms with van der Waals surface area (Å²) in [7, 11) is -5.20. The first-order chi connectivity index (χ1) is 16.1. The zero-order valence-corrected chi connectivity index (χ0v) is 25.6. The van der Waals surface area contributed by atoms with Gasteiger partial charge in [0.2, 0.25) is 0 Å². The molecule has 35 heavy (non-hydrogen) atoms. The monoisotopic (exact) mass is 582 g/mol. The molecule has 2 saturated carbocycles. The number of carbonyl (C=O) groups excluding carboxylic acids is 1. The molecular weight excluding hydrogens is 551 g/mol. The van der Waals surface area contributed by atoms with Gasteiger partial charge in [0.25, 0.3) is 0 Å². The number of rotatable bonds is 5. The van der Waals surface area contributed by atoms with E-state index in [-0.39, 0.29) is 62.6 Å². The Bertz CT molecular complexity index is 1140. The summed E-state index contributed by atoms with van der Waals surface area (Å²) in [5, 5.41) is 4.31. The van der Waals surface area contributed by atoms with Gasteiger partial charge in [-0.2, -0.15) is 0 Å². The maximum atomic E-state index is 11.8. The number of hydrogen-bond donors (Lipinski definition) is 0. The zero-order valence-electron chi connectivity index (χ0n) is 20.3. The third kappa shape index (κ3) is 6.18. The minimum absolute atomic E-state index is 0. The van der Waals surface area contributed by atoms with Crippen molar-refractivity contribution < 1.29 is 17.8 Å². The van der Waals surface area contributed by atoms with Crippen molar-refractivity contribution in [1.29, 1.82) is 0 Å². The number of Topliss-reactive ketones (excluding diaryl/α,β-unsaturated/α-hetero) is 1. The van der Waals surface area contributed by atoms with Gasteiger partial charge >= 0.3 is 0 Å². The predicted molar refractivity (Wildman–Crippen MR) is 145 cm³/mol. The number of carbonyl (C=O) groups is 1. The maximum Gasteiger partial charge on any atom is 0.140 e. The molecule has 180 valence electrons. The minimum atomic E-state index is -4.33. The standard InChI is InChI=1S/C18H15P.C10H16O4S.Sr/c1-4-10-16(11-5-1)19(17-12-6-2-7-13-17)18-14-8-3-9-15-18;1-9(2)7-3-4-10(9,8(11)5-7)6-15(12,13)14;/h1-15H;7H,3-6H2,1-2H3,(H,12,13,14);. The van der Waals surface area contributed by atoms with Gasteiger partial charge in [-0.05, 0) is 60.6 Å². The second kappa shape index (κ2) is 11.7. The molecule has 0 N–H and O–H groups in total. The second-order valence-electron chi connectivity index (χ2n) is 9.84. The third-order valence-corrected chi connectivity index (χ3v) is 11.3. The van der Waals surface area contributed by atoms with Crippen molar-refractivity contribution in [3.8, 4) is 0 Å². The van der Waals surface area contributed by atoms with Crippen molar-refractivity contribution in [1.82, 2.24) is 0 Å². The van der Waals surface area contributed by atoms with Crippen LogP contribution in [-0.4, -0.2) is 70.0 Å². The maximum absolute atomic E-state index is 11.8. The van der Waals surface area contributed by atoms with E-state index in [1.165, 1.54) is 15.9 Å². The van der Waals surface area contributed by atoms with E-state index in [2.05, 4.69) is 91.0 Å². The van der Waals surface area contributed by atoms with Crippen LogP contribution in [0, 0.1) is 16.7 Å². The summed E-state index contributed by atoms with van der Waals surface area (Å²) in [6.07, 6.45) is 1.88. The van der Waals surface area contributed by atoms with E-state index in [0.717, 1.165) is 6.42 Å². The summed E-state index contributed by atoms with van der Waals surface area (Å²) in [4.78, 5) is 11.8. The van der Waals surface area contributed by atoms with Crippen molar-refractivity contribution in [3.63, 3.8) is 0 Å². The molecule has 3 aromatic carbocycles. The molecular formula is C28H31O4PSSr. The minimum Gasteiger partial charge on any atom is -0.748 e. The fraction of sp³-hybridized carbons (Fsp3) is 0.321. The molecule has 7 heteroatoms. The van der Waals surface area contributed by atoms with Gasteiger partial charge in [0, 0.05) is 57.3 Å². The van der Waals surface area contributed by atoms with Gasteiger partial charge in [0.05, 0.1) is 23.8 Å². The quantitative estimate of drug-likeness (QED) is 0.261. The first kappa shape index (κ1) is 28.7. The van der Waals surface area contributed by atoms with Crippen molar-refractivity contribution in [2.24, 2.45) is 16.7 Å². The Kier molecular flexibility index (Phi) is 9.59. The molecule has 2 fully saturated rings. The van der Waals surface area contributed by atoms with E-state index < -0.39 is 29.2 Å². The molecule has 3 aromatic rings. The van der Waals surface area contributed by atoms with Gasteiger partial charge < -0.3 is 4.55 Å². The van der Waals surface area contributed by atoms with Crippen LogP contribution in [0.3, 0.4) is 0 Å². The summed E-state index contributed by atoms with van der Waals surface area (Å²) in [5.74, 6) is -0.280. The van der Waals surface area contributed by atoms with Crippen molar-refractivity contribution in [3.05, 3.63) is 91.0 Å². The van der Waals surface area contributed by atoms with Gasteiger partial charge in [-0.1, -0.05) is 68.4 Å². The molecule has 2 aliphatic rings. The SMILES string of the molecule is CC1(C)C2CCC1(CS(=O)(=O)[O-])C(=O)C2.[Sr].c1ccc([PH+](c2ccccc2)c2ccccc2)cc1. The fourth-order valence-electron chi connectivity index (χ4n) is 5.72. The average Bonchev–Trinajstić information content (AvgIpc) is 3.15. The molecule has 2 aliphatic carbocycles. The van der Waals surface area contributed by atoms with Crippen LogP contribution in [0.1, 0.15) is 33.1 Å². The van der Waals surface area contributed by atoms with Crippen LogP contribution in [0.2, 0.25) is 0 Å². The molecule has 0 aliphatic heterocycles. The number of hydrogen-bond acceptors (Lipinski definition) is 4. The van der Waals surface area contributed by atoms with Gasteiger partial charge in [-0.15, -0.1) is 0 Å². The van der Waals surface area contributed by atoms with Crippen molar-refractivity contribution in [2.75, 3.05) is 5.75 Å². The number of benzene rings is 3. The predicted octanol–water partition coefficient (Wildman–Crippen LogP) is 3.72. The van der Waals surface area contributed by atoms with Crippen LogP contribution in [0.5, 0.6) is 0 Å². The Balaban J connectivity index is 0.000000195. The van der Waals surface area contributed by atoms with Crippen LogP contribution < -0.4 is 15.9 Å². The fourth-order valence-corrected chi connectivity index (χ4v) is 9.58. The summed E-state index contributed by atoms with van der Waals surface area (Å²) >= 11 is 0. The Morgan fingerprint density at radius 2 is 1.23 bits per heavy atom.